The molecule has 0 aliphatic heterocycles. The van der Waals surface area contributed by atoms with Gasteiger partial charge in [0.25, 0.3) is 0 Å². The maximum Gasteiger partial charge on any atom is 0.431 e. The van der Waals surface area contributed by atoms with Crippen LogP contribution in [0.25, 0.3) is 0 Å². The number of anilines is 1. The minimum absolute atomic E-state index is 0.0246. The van der Waals surface area contributed by atoms with E-state index in [1.165, 1.54) is 11.2 Å². The number of carbonyl (C=O) groups is 1. The van der Waals surface area contributed by atoms with Crippen LogP contribution in [0.5, 0.6) is 11.5 Å². The zero-order valence-electron chi connectivity index (χ0n) is 14.3. The van der Waals surface area contributed by atoms with Crippen molar-refractivity contribution in [3.63, 3.8) is 0 Å². The molecule has 1 heterocycles. The van der Waals surface area contributed by atoms with E-state index in [2.05, 4.69) is 15.4 Å². The second-order valence-electron chi connectivity index (χ2n) is 5.53. The van der Waals surface area contributed by atoms with Crippen molar-refractivity contribution in [2.75, 3.05) is 18.7 Å². The van der Waals surface area contributed by atoms with Crippen LogP contribution >= 0.6 is 0 Å². The first-order valence-corrected chi connectivity index (χ1v) is 7.65. The van der Waals surface area contributed by atoms with E-state index in [-0.39, 0.29) is 11.7 Å². The van der Waals surface area contributed by atoms with Crippen LogP contribution < -0.4 is 19.9 Å². The van der Waals surface area contributed by atoms with Crippen LogP contribution in [0.3, 0.4) is 0 Å². The molecule has 0 atom stereocenters. The molecule has 25 heavy (non-hydrogen) atoms. The summed E-state index contributed by atoms with van der Waals surface area (Å²) in [6.45, 7) is 4.48. The highest BCUT2D eigenvalue weighted by Gasteiger charge is 2.15. The molecular formula is C17H19N5O3. The zero-order chi connectivity index (χ0) is 18.2. The van der Waals surface area contributed by atoms with Gasteiger partial charge in [-0.3, -0.25) is 5.01 Å². The summed E-state index contributed by atoms with van der Waals surface area (Å²) in [5.74, 6) is 1.72. The highest BCUT2D eigenvalue weighted by Crippen LogP contribution is 2.17. The summed E-state index contributed by atoms with van der Waals surface area (Å²) in [5, 5.41) is 10.5. The van der Waals surface area contributed by atoms with E-state index in [9.17, 15) is 4.79 Å². The van der Waals surface area contributed by atoms with Gasteiger partial charge in [-0.1, -0.05) is 13.8 Å². The number of hydrazine groups is 1. The Labute approximate surface area is 146 Å². The fraction of sp³-hybridized carbons (Fsp3) is 0.294. The Balaban J connectivity index is 2.09. The molecule has 2 rings (SSSR count). The summed E-state index contributed by atoms with van der Waals surface area (Å²) in [4.78, 5) is 20.1. The zero-order valence-corrected chi connectivity index (χ0v) is 14.3. The highest BCUT2D eigenvalue weighted by atomic mass is 16.6. The first-order chi connectivity index (χ1) is 12.0. The van der Waals surface area contributed by atoms with E-state index < -0.39 is 6.09 Å². The molecule has 1 amide bonds. The standard InChI is InChI=1S/C17H19N5O3/c1-12(2)11-22(16-8-9-19-15(10-18)20-16)21-17(23)25-14-6-4-13(24-3)5-7-14/h4-9,12H,11H2,1-3H3,(H,21,23). The fourth-order valence-electron chi connectivity index (χ4n) is 2.00. The number of hydrogen-bond acceptors (Lipinski definition) is 7. The molecule has 0 aliphatic carbocycles. The Bertz CT molecular complexity index is 756. The minimum Gasteiger partial charge on any atom is -0.497 e. The minimum atomic E-state index is -0.664. The lowest BCUT2D eigenvalue weighted by atomic mass is 10.2. The summed E-state index contributed by atoms with van der Waals surface area (Å²) >= 11 is 0. The van der Waals surface area contributed by atoms with Crippen LogP contribution in [0, 0.1) is 17.2 Å². The Morgan fingerprint density at radius 2 is 1.96 bits per heavy atom. The molecule has 1 aromatic heterocycles. The largest absolute Gasteiger partial charge is 0.497 e. The number of aromatic nitrogens is 2. The van der Waals surface area contributed by atoms with E-state index in [0.717, 1.165) is 0 Å². The molecule has 2 aromatic rings. The van der Waals surface area contributed by atoms with Gasteiger partial charge in [-0.15, -0.1) is 0 Å². The van der Waals surface area contributed by atoms with Gasteiger partial charge in [0.1, 0.15) is 17.6 Å². The van der Waals surface area contributed by atoms with Crippen LogP contribution in [-0.4, -0.2) is 29.7 Å². The van der Waals surface area contributed by atoms with E-state index in [1.54, 1.807) is 37.4 Å². The van der Waals surface area contributed by atoms with Crippen molar-refractivity contribution in [3.8, 4) is 17.6 Å². The SMILES string of the molecule is COc1ccc(OC(=O)NN(CC(C)C)c2ccnc(C#N)n2)cc1. The number of nitrogens with one attached hydrogen (secondary N) is 1. The topological polar surface area (TPSA) is 100 Å². The maximum absolute atomic E-state index is 12.2. The van der Waals surface area contributed by atoms with Crippen LogP contribution in [-0.2, 0) is 0 Å². The lowest BCUT2D eigenvalue weighted by molar-refractivity contribution is 0.198. The summed E-state index contributed by atoms with van der Waals surface area (Å²) < 4.78 is 10.3. The number of ether oxygens (including phenoxy) is 2. The van der Waals surface area contributed by atoms with Gasteiger partial charge in [0.2, 0.25) is 5.82 Å². The Morgan fingerprint density at radius 1 is 1.28 bits per heavy atom. The van der Waals surface area contributed by atoms with Gasteiger partial charge in [0.05, 0.1) is 7.11 Å². The molecule has 0 saturated carbocycles. The number of rotatable bonds is 6. The van der Waals surface area contributed by atoms with Gasteiger partial charge in [0.15, 0.2) is 5.82 Å². The van der Waals surface area contributed by atoms with Gasteiger partial charge in [0, 0.05) is 18.8 Å². The van der Waals surface area contributed by atoms with Gasteiger partial charge < -0.3 is 9.47 Å². The predicted octanol–water partition coefficient (Wildman–Crippen LogP) is 2.52. The second kappa shape index (κ2) is 8.49. The maximum atomic E-state index is 12.2. The van der Waals surface area contributed by atoms with Crippen LogP contribution in [0.15, 0.2) is 36.5 Å². The van der Waals surface area contributed by atoms with Crippen LogP contribution in [0.2, 0.25) is 0 Å². The number of carbonyl (C=O) groups excluding carboxylic acids is 1. The average Bonchev–Trinajstić information content (AvgIpc) is 2.61. The molecule has 0 radical (unpaired) electrons. The molecule has 1 N–H and O–H groups in total. The summed E-state index contributed by atoms with van der Waals surface area (Å²) in [6.07, 6.45) is 0.799. The van der Waals surface area contributed by atoms with Gasteiger partial charge in [-0.2, -0.15) is 10.2 Å². The van der Waals surface area contributed by atoms with Crippen molar-refractivity contribution < 1.29 is 14.3 Å². The molecule has 0 bridgehead atoms. The first kappa shape index (κ1) is 18.0. The number of nitriles is 1. The lowest BCUT2D eigenvalue weighted by Gasteiger charge is -2.25. The number of methoxy groups -OCH3 is 1. The predicted molar refractivity (Wildman–Crippen MR) is 91.1 cm³/mol. The van der Waals surface area contributed by atoms with Crippen molar-refractivity contribution in [2.45, 2.75) is 13.8 Å². The lowest BCUT2D eigenvalue weighted by Crippen LogP contribution is -2.46. The molecule has 0 unspecified atom stereocenters. The monoisotopic (exact) mass is 341 g/mol. The van der Waals surface area contributed by atoms with Crippen molar-refractivity contribution in [2.24, 2.45) is 5.92 Å². The van der Waals surface area contributed by atoms with Crippen LogP contribution in [0.1, 0.15) is 19.7 Å². The average molecular weight is 341 g/mol. The molecule has 0 saturated heterocycles. The number of benzene rings is 1. The van der Waals surface area contributed by atoms with E-state index in [4.69, 9.17) is 14.7 Å². The third kappa shape index (κ3) is 5.35. The molecule has 0 aliphatic rings. The smallest absolute Gasteiger partial charge is 0.431 e. The molecule has 1 aromatic carbocycles. The second-order valence-corrected chi connectivity index (χ2v) is 5.53. The van der Waals surface area contributed by atoms with Crippen molar-refractivity contribution in [1.29, 1.82) is 5.26 Å². The molecular weight excluding hydrogens is 322 g/mol. The van der Waals surface area contributed by atoms with Gasteiger partial charge >= 0.3 is 6.09 Å². The Morgan fingerprint density at radius 3 is 2.56 bits per heavy atom. The fourth-order valence-corrected chi connectivity index (χ4v) is 2.00. The summed E-state index contributed by atoms with van der Waals surface area (Å²) in [6, 6.07) is 10.1. The molecule has 130 valence electrons. The van der Waals surface area contributed by atoms with Gasteiger partial charge in [-0.25, -0.2) is 15.2 Å². The van der Waals surface area contributed by atoms with E-state index >= 15 is 0 Å². The van der Waals surface area contributed by atoms with Crippen molar-refractivity contribution in [3.05, 3.63) is 42.4 Å². The molecule has 0 fully saturated rings. The van der Waals surface area contributed by atoms with Crippen molar-refractivity contribution in [1.82, 2.24) is 15.4 Å². The van der Waals surface area contributed by atoms with Gasteiger partial charge in [-0.05, 0) is 30.2 Å². The number of nitrogens with zero attached hydrogens (tertiary/aromatic N) is 4. The van der Waals surface area contributed by atoms with E-state index in [0.29, 0.717) is 23.9 Å². The third-order valence-corrected chi connectivity index (χ3v) is 3.06. The van der Waals surface area contributed by atoms with Crippen LogP contribution in [0.4, 0.5) is 10.6 Å². The molecule has 0 spiro atoms. The Kier molecular flexibility index (Phi) is 6.12. The molecule has 8 heteroatoms. The highest BCUT2D eigenvalue weighted by molar-refractivity contribution is 5.72. The summed E-state index contributed by atoms with van der Waals surface area (Å²) in [5.41, 5.74) is 2.63. The van der Waals surface area contributed by atoms with E-state index in [1.807, 2.05) is 19.9 Å². The van der Waals surface area contributed by atoms with Crippen molar-refractivity contribution >= 4 is 11.9 Å². The normalized spacial score (nSPS) is 10.0. The molecule has 8 nitrogen and oxygen atoms in total. The number of amides is 1. The third-order valence-electron chi connectivity index (χ3n) is 3.06. The first-order valence-electron chi connectivity index (χ1n) is 7.65. The number of hydrogen-bond donors (Lipinski definition) is 1. The quantitative estimate of drug-likeness (QED) is 0.806. The summed E-state index contributed by atoms with van der Waals surface area (Å²) in [7, 11) is 1.56. The Hall–Kier alpha value is -3.34.